The van der Waals surface area contributed by atoms with Crippen molar-refractivity contribution < 1.29 is 24.2 Å². The van der Waals surface area contributed by atoms with Crippen LogP contribution in [0.1, 0.15) is 32.3 Å². The predicted octanol–water partition coefficient (Wildman–Crippen LogP) is 2.23. The molecule has 138 valence electrons. The fourth-order valence-corrected chi connectivity index (χ4v) is 2.78. The average Bonchev–Trinajstić information content (AvgIpc) is 2.61. The number of ether oxygens (including phenoxy) is 2. The Morgan fingerprint density at radius 3 is 2.48 bits per heavy atom. The molecule has 1 aliphatic rings. The number of benzene rings is 1. The van der Waals surface area contributed by atoms with E-state index in [2.05, 4.69) is 5.32 Å². The molecule has 0 aromatic heterocycles. The molecule has 0 bridgehead atoms. The predicted molar refractivity (Wildman–Crippen MR) is 93.0 cm³/mol. The van der Waals surface area contributed by atoms with Crippen LogP contribution in [0.2, 0.25) is 0 Å². The minimum Gasteiger partial charge on any atom is -0.481 e. The summed E-state index contributed by atoms with van der Waals surface area (Å²) in [6, 6.07) is 9.75. The molecule has 0 saturated carbocycles. The molecule has 1 saturated heterocycles. The van der Waals surface area contributed by atoms with Gasteiger partial charge in [-0.05, 0) is 32.3 Å². The van der Waals surface area contributed by atoms with Crippen LogP contribution in [0.4, 0.5) is 0 Å². The standard InChI is InChI=1S/C19H27NO5/c1-18(2,14-25-12-15-6-4-3-5-7-15)16(21)20-13-19(17(22)23)8-10-24-11-9-19/h3-7H,8-14H2,1-2H3,(H,20,21)(H,22,23). The molecule has 0 aliphatic carbocycles. The van der Waals surface area contributed by atoms with Crippen molar-refractivity contribution in [1.82, 2.24) is 5.32 Å². The van der Waals surface area contributed by atoms with Gasteiger partial charge in [0.15, 0.2) is 0 Å². The molecule has 1 aliphatic heterocycles. The van der Waals surface area contributed by atoms with Crippen molar-refractivity contribution in [1.29, 1.82) is 0 Å². The van der Waals surface area contributed by atoms with Crippen LogP contribution in [0.15, 0.2) is 30.3 Å². The van der Waals surface area contributed by atoms with Crippen LogP contribution in [0, 0.1) is 10.8 Å². The molecule has 6 nitrogen and oxygen atoms in total. The molecule has 0 spiro atoms. The zero-order chi connectivity index (χ0) is 18.3. The number of carboxylic acids is 1. The molecule has 1 heterocycles. The van der Waals surface area contributed by atoms with E-state index in [9.17, 15) is 14.7 Å². The van der Waals surface area contributed by atoms with Gasteiger partial charge in [-0.15, -0.1) is 0 Å². The van der Waals surface area contributed by atoms with Gasteiger partial charge in [-0.2, -0.15) is 0 Å². The van der Waals surface area contributed by atoms with Gasteiger partial charge in [0.2, 0.25) is 5.91 Å². The maximum Gasteiger partial charge on any atom is 0.311 e. The summed E-state index contributed by atoms with van der Waals surface area (Å²) in [5.41, 5.74) is -0.625. The van der Waals surface area contributed by atoms with Gasteiger partial charge in [0, 0.05) is 19.8 Å². The molecule has 1 aromatic rings. The van der Waals surface area contributed by atoms with Crippen molar-refractivity contribution in [2.75, 3.05) is 26.4 Å². The highest BCUT2D eigenvalue weighted by Crippen LogP contribution is 2.30. The van der Waals surface area contributed by atoms with Crippen LogP contribution in [-0.2, 0) is 25.7 Å². The molecule has 6 heteroatoms. The fraction of sp³-hybridized carbons (Fsp3) is 0.579. The third kappa shape index (κ3) is 5.28. The van der Waals surface area contributed by atoms with Gasteiger partial charge in [0.1, 0.15) is 0 Å². The Balaban J connectivity index is 1.84. The second-order valence-corrected chi connectivity index (χ2v) is 7.24. The van der Waals surface area contributed by atoms with E-state index in [1.54, 1.807) is 13.8 Å². The first kappa shape index (κ1) is 19.4. The highest BCUT2D eigenvalue weighted by Gasteiger charge is 2.41. The maximum absolute atomic E-state index is 12.5. The number of carboxylic acid groups (broad SMARTS) is 1. The zero-order valence-corrected chi connectivity index (χ0v) is 14.9. The van der Waals surface area contributed by atoms with Gasteiger partial charge in [0.25, 0.3) is 0 Å². The molecule has 0 atom stereocenters. The summed E-state index contributed by atoms with van der Waals surface area (Å²) in [5.74, 6) is -1.08. The van der Waals surface area contributed by atoms with E-state index in [1.807, 2.05) is 30.3 Å². The van der Waals surface area contributed by atoms with Crippen molar-refractivity contribution in [2.24, 2.45) is 10.8 Å². The number of carbonyl (C=O) groups is 2. The number of hydrogen-bond acceptors (Lipinski definition) is 4. The second-order valence-electron chi connectivity index (χ2n) is 7.24. The second kappa shape index (κ2) is 8.45. The summed E-state index contributed by atoms with van der Waals surface area (Å²) < 4.78 is 10.9. The summed E-state index contributed by atoms with van der Waals surface area (Å²) in [6.07, 6.45) is 0.821. The monoisotopic (exact) mass is 349 g/mol. The summed E-state index contributed by atoms with van der Waals surface area (Å²) in [4.78, 5) is 24.1. The van der Waals surface area contributed by atoms with E-state index in [-0.39, 0.29) is 19.1 Å². The Morgan fingerprint density at radius 2 is 1.88 bits per heavy atom. The van der Waals surface area contributed by atoms with Crippen molar-refractivity contribution >= 4 is 11.9 Å². The summed E-state index contributed by atoms with van der Waals surface area (Å²) in [6.45, 7) is 5.23. The number of aliphatic carboxylic acids is 1. The van der Waals surface area contributed by atoms with E-state index in [1.165, 1.54) is 0 Å². The summed E-state index contributed by atoms with van der Waals surface area (Å²) in [5, 5.41) is 12.3. The first-order chi connectivity index (χ1) is 11.9. The van der Waals surface area contributed by atoms with Gasteiger partial charge < -0.3 is 19.9 Å². The van der Waals surface area contributed by atoms with Gasteiger partial charge in [-0.3, -0.25) is 9.59 Å². The Hall–Kier alpha value is -1.92. The molecule has 0 unspecified atom stereocenters. The van der Waals surface area contributed by atoms with Crippen LogP contribution in [0.5, 0.6) is 0 Å². The van der Waals surface area contributed by atoms with Gasteiger partial charge in [-0.1, -0.05) is 30.3 Å². The van der Waals surface area contributed by atoms with Gasteiger partial charge in [-0.25, -0.2) is 0 Å². The van der Waals surface area contributed by atoms with E-state index in [0.717, 1.165) is 5.56 Å². The summed E-state index contributed by atoms with van der Waals surface area (Å²) in [7, 11) is 0. The Labute approximate surface area is 148 Å². The number of amides is 1. The molecule has 1 amide bonds. The highest BCUT2D eigenvalue weighted by atomic mass is 16.5. The van der Waals surface area contributed by atoms with E-state index >= 15 is 0 Å². The lowest BCUT2D eigenvalue weighted by Gasteiger charge is -2.34. The van der Waals surface area contributed by atoms with Gasteiger partial charge >= 0.3 is 5.97 Å². The molecule has 1 aromatic carbocycles. The molecule has 2 N–H and O–H groups in total. The highest BCUT2D eigenvalue weighted by molar-refractivity contribution is 5.83. The van der Waals surface area contributed by atoms with Crippen LogP contribution in [0.25, 0.3) is 0 Å². The SMILES string of the molecule is CC(C)(COCc1ccccc1)C(=O)NCC1(C(=O)O)CCOCC1. The van der Waals surface area contributed by atoms with Crippen LogP contribution >= 0.6 is 0 Å². The molecule has 0 radical (unpaired) electrons. The van der Waals surface area contributed by atoms with Crippen molar-refractivity contribution in [3.05, 3.63) is 35.9 Å². The average molecular weight is 349 g/mol. The Kier molecular flexibility index (Phi) is 6.56. The van der Waals surface area contributed by atoms with Crippen LogP contribution in [0.3, 0.4) is 0 Å². The fourth-order valence-electron chi connectivity index (χ4n) is 2.78. The largest absolute Gasteiger partial charge is 0.481 e. The minimum absolute atomic E-state index is 0.118. The van der Waals surface area contributed by atoms with E-state index < -0.39 is 16.8 Å². The van der Waals surface area contributed by atoms with Crippen molar-refractivity contribution in [3.8, 4) is 0 Å². The summed E-state index contributed by atoms with van der Waals surface area (Å²) >= 11 is 0. The van der Waals surface area contributed by atoms with Gasteiger partial charge in [0.05, 0.1) is 24.0 Å². The molecule has 25 heavy (non-hydrogen) atoms. The maximum atomic E-state index is 12.5. The minimum atomic E-state index is -0.936. The van der Waals surface area contributed by atoms with E-state index in [0.29, 0.717) is 32.7 Å². The quantitative estimate of drug-likeness (QED) is 0.752. The Morgan fingerprint density at radius 1 is 1.24 bits per heavy atom. The zero-order valence-electron chi connectivity index (χ0n) is 14.9. The first-order valence-corrected chi connectivity index (χ1v) is 8.57. The number of carbonyl (C=O) groups excluding carboxylic acids is 1. The molecular weight excluding hydrogens is 322 g/mol. The van der Waals surface area contributed by atoms with Crippen LogP contribution < -0.4 is 5.32 Å². The number of nitrogens with one attached hydrogen (secondary N) is 1. The molecule has 1 fully saturated rings. The lowest BCUT2D eigenvalue weighted by atomic mass is 9.80. The smallest absolute Gasteiger partial charge is 0.311 e. The first-order valence-electron chi connectivity index (χ1n) is 8.57. The Bertz CT molecular complexity index is 579. The number of hydrogen-bond donors (Lipinski definition) is 2. The lowest BCUT2D eigenvalue weighted by Crippen LogP contribution is -2.49. The van der Waals surface area contributed by atoms with Crippen molar-refractivity contribution in [3.63, 3.8) is 0 Å². The van der Waals surface area contributed by atoms with Crippen LogP contribution in [-0.4, -0.2) is 43.3 Å². The topological polar surface area (TPSA) is 84.9 Å². The third-order valence-corrected chi connectivity index (χ3v) is 4.68. The van der Waals surface area contributed by atoms with Crippen molar-refractivity contribution in [2.45, 2.75) is 33.3 Å². The van der Waals surface area contributed by atoms with E-state index in [4.69, 9.17) is 9.47 Å². The third-order valence-electron chi connectivity index (χ3n) is 4.68. The molecular formula is C19H27NO5. The lowest BCUT2D eigenvalue weighted by molar-refractivity contribution is -0.155. The molecule has 2 rings (SSSR count). The number of rotatable bonds is 8. The normalized spacial score (nSPS) is 17.0.